The van der Waals surface area contributed by atoms with Crippen molar-refractivity contribution < 1.29 is 13.6 Å². The van der Waals surface area contributed by atoms with Crippen LogP contribution in [0.2, 0.25) is 0 Å². The van der Waals surface area contributed by atoms with Gasteiger partial charge in [-0.15, -0.1) is 0 Å². The minimum atomic E-state index is -0.828. The molecule has 0 N–H and O–H groups in total. The van der Waals surface area contributed by atoms with Crippen LogP contribution in [0.4, 0.5) is 8.78 Å². The van der Waals surface area contributed by atoms with Crippen LogP contribution in [0, 0.1) is 35.3 Å². The van der Waals surface area contributed by atoms with Crippen LogP contribution in [0.3, 0.4) is 0 Å². The molecule has 4 bridgehead atoms. The third-order valence-electron chi connectivity index (χ3n) is 7.41. The predicted molar refractivity (Wildman–Crippen MR) is 93.7 cm³/mol. The molecule has 0 spiro atoms. The van der Waals surface area contributed by atoms with Crippen molar-refractivity contribution in [1.29, 1.82) is 0 Å². The molecular formula is C21H26F2N2O. The van der Waals surface area contributed by atoms with Crippen molar-refractivity contribution >= 4 is 5.91 Å². The smallest absolute Gasteiger partial charge is 0.258 e. The van der Waals surface area contributed by atoms with E-state index in [1.807, 2.05) is 18.9 Å². The van der Waals surface area contributed by atoms with Crippen molar-refractivity contribution in [2.24, 2.45) is 23.7 Å². The highest BCUT2D eigenvalue weighted by molar-refractivity contribution is 5.90. The van der Waals surface area contributed by atoms with E-state index in [0.29, 0.717) is 30.0 Å². The molecule has 0 aromatic heterocycles. The third-order valence-corrected chi connectivity index (χ3v) is 7.41. The zero-order valence-electron chi connectivity index (χ0n) is 15.4. The summed E-state index contributed by atoms with van der Waals surface area (Å²) < 4.78 is 26.9. The molecule has 1 saturated heterocycles. The van der Waals surface area contributed by atoms with Gasteiger partial charge in [0, 0.05) is 6.54 Å². The van der Waals surface area contributed by atoms with Crippen molar-refractivity contribution in [3.63, 3.8) is 0 Å². The van der Waals surface area contributed by atoms with Crippen molar-refractivity contribution in [3.05, 3.63) is 35.4 Å². The second-order valence-corrected chi connectivity index (χ2v) is 9.44. The fourth-order valence-corrected chi connectivity index (χ4v) is 6.40. The first-order valence-corrected chi connectivity index (χ1v) is 9.89. The maximum absolute atomic E-state index is 13.6. The number of amides is 1. The summed E-state index contributed by atoms with van der Waals surface area (Å²) >= 11 is 0. The molecule has 0 radical (unpaired) electrons. The van der Waals surface area contributed by atoms with Gasteiger partial charge in [0.1, 0.15) is 5.54 Å². The fraction of sp³-hybridized carbons (Fsp3) is 0.667. The van der Waals surface area contributed by atoms with Crippen molar-refractivity contribution in [1.82, 2.24) is 10.0 Å². The van der Waals surface area contributed by atoms with E-state index >= 15 is 0 Å². The zero-order valence-corrected chi connectivity index (χ0v) is 15.4. The lowest BCUT2D eigenvalue weighted by atomic mass is 9.53. The Morgan fingerprint density at radius 3 is 2.19 bits per heavy atom. The first kappa shape index (κ1) is 16.7. The summed E-state index contributed by atoms with van der Waals surface area (Å²) in [5.74, 6) is 1.46. The molecule has 140 valence electrons. The largest absolute Gasteiger partial charge is 0.271 e. The van der Waals surface area contributed by atoms with Gasteiger partial charge in [0.05, 0.1) is 6.04 Å². The molecule has 5 fully saturated rings. The highest BCUT2D eigenvalue weighted by Gasteiger charge is 2.60. The summed E-state index contributed by atoms with van der Waals surface area (Å²) in [6, 6.07) is 4.34. The van der Waals surface area contributed by atoms with Gasteiger partial charge in [0.2, 0.25) is 0 Å². The van der Waals surface area contributed by atoms with Crippen LogP contribution in [0.15, 0.2) is 18.2 Å². The zero-order chi connectivity index (χ0) is 18.2. The van der Waals surface area contributed by atoms with Crippen molar-refractivity contribution in [3.8, 4) is 0 Å². The monoisotopic (exact) mass is 360 g/mol. The van der Waals surface area contributed by atoms with Crippen molar-refractivity contribution in [2.45, 2.75) is 64.1 Å². The van der Waals surface area contributed by atoms with Crippen molar-refractivity contribution in [2.75, 3.05) is 0 Å². The van der Waals surface area contributed by atoms with Crippen LogP contribution in [-0.2, 0) is 11.3 Å². The predicted octanol–water partition coefficient (Wildman–Crippen LogP) is 4.13. The van der Waals surface area contributed by atoms with Crippen LogP contribution in [-0.4, -0.2) is 27.5 Å². The average Bonchev–Trinajstić information content (AvgIpc) is 2.59. The average molecular weight is 360 g/mol. The van der Waals surface area contributed by atoms with Crippen LogP contribution in [0.25, 0.3) is 0 Å². The number of carbonyl (C=O) groups excluding carboxylic acids is 1. The highest BCUT2D eigenvalue weighted by Crippen LogP contribution is 2.57. The Kier molecular flexibility index (Phi) is 3.53. The second kappa shape index (κ2) is 5.51. The van der Waals surface area contributed by atoms with Gasteiger partial charge in [0.15, 0.2) is 11.6 Å². The number of nitrogens with zero attached hydrogens (tertiary/aromatic N) is 2. The summed E-state index contributed by atoms with van der Waals surface area (Å²) in [4.78, 5) is 13.0. The Morgan fingerprint density at radius 1 is 1.00 bits per heavy atom. The minimum absolute atomic E-state index is 0.178. The van der Waals surface area contributed by atoms with Gasteiger partial charge >= 0.3 is 0 Å². The summed E-state index contributed by atoms with van der Waals surface area (Å²) in [5, 5.41) is 4.09. The molecule has 6 rings (SSSR count). The van der Waals surface area contributed by atoms with E-state index in [9.17, 15) is 13.6 Å². The summed E-state index contributed by atoms with van der Waals surface area (Å²) in [5.41, 5.74) is 0.123. The highest BCUT2D eigenvalue weighted by atomic mass is 19.2. The first-order valence-electron chi connectivity index (χ1n) is 9.89. The Balaban J connectivity index is 1.42. The molecule has 0 atom stereocenters. The molecule has 1 heterocycles. The van der Waals surface area contributed by atoms with E-state index in [4.69, 9.17) is 0 Å². The molecular weight excluding hydrogens is 334 g/mol. The van der Waals surface area contributed by atoms with Gasteiger partial charge in [-0.25, -0.2) is 8.78 Å². The number of hydrogen-bond acceptors (Lipinski definition) is 2. The molecule has 1 amide bonds. The quantitative estimate of drug-likeness (QED) is 0.809. The van der Waals surface area contributed by atoms with Crippen LogP contribution < -0.4 is 0 Å². The summed E-state index contributed by atoms with van der Waals surface area (Å²) in [6.07, 6.45) is 6.39. The number of hydrogen-bond donors (Lipinski definition) is 0. The Labute approximate surface area is 153 Å². The van der Waals surface area contributed by atoms with E-state index in [2.05, 4.69) is 5.01 Å². The van der Waals surface area contributed by atoms with Gasteiger partial charge in [-0.3, -0.25) is 9.80 Å². The standard InChI is InChI=1S/C21H26F2N2O/c1-21(2)20(26)25(24(21)11-12-3-4-17(22)18(23)10-12)19-15-6-13-5-14(8-15)9-16(19)7-13/h3-4,10,13-16,19H,5-9,11H2,1-2H3. The van der Waals surface area contributed by atoms with E-state index in [1.165, 1.54) is 44.2 Å². The minimum Gasteiger partial charge on any atom is -0.271 e. The maximum Gasteiger partial charge on any atom is 0.258 e. The van der Waals surface area contributed by atoms with Gasteiger partial charge < -0.3 is 0 Å². The molecule has 1 aromatic carbocycles. The normalized spacial score (nSPS) is 37.9. The molecule has 1 aliphatic heterocycles. The second-order valence-electron chi connectivity index (χ2n) is 9.44. The molecule has 5 aliphatic rings. The number of rotatable bonds is 3. The van der Waals surface area contributed by atoms with Gasteiger partial charge in [-0.05, 0) is 87.3 Å². The Bertz CT molecular complexity index is 734. The molecule has 5 heteroatoms. The van der Waals surface area contributed by atoms with E-state index in [0.717, 1.165) is 11.8 Å². The van der Waals surface area contributed by atoms with E-state index in [1.54, 1.807) is 6.07 Å². The van der Waals surface area contributed by atoms with Crippen LogP contribution in [0.1, 0.15) is 51.5 Å². The number of hydrazine groups is 1. The molecule has 1 aromatic rings. The Morgan fingerprint density at radius 2 is 1.62 bits per heavy atom. The lowest BCUT2D eigenvalue weighted by molar-refractivity contribution is -0.251. The van der Waals surface area contributed by atoms with E-state index in [-0.39, 0.29) is 5.91 Å². The first-order chi connectivity index (χ1) is 12.3. The maximum atomic E-state index is 13.6. The lowest BCUT2D eigenvalue weighted by Gasteiger charge is -2.65. The summed E-state index contributed by atoms with van der Waals surface area (Å²) in [6.45, 7) is 4.31. The fourth-order valence-electron chi connectivity index (χ4n) is 6.40. The van der Waals surface area contributed by atoms with Gasteiger partial charge in [-0.2, -0.15) is 5.01 Å². The number of carbonyl (C=O) groups is 1. The lowest BCUT2D eigenvalue weighted by Crippen LogP contribution is -2.79. The van der Waals surface area contributed by atoms with Crippen LogP contribution >= 0.6 is 0 Å². The topological polar surface area (TPSA) is 23.6 Å². The molecule has 4 saturated carbocycles. The van der Waals surface area contributed by atoms with Gasteiger partial charge in [0.25, 0.3) is 5.91 Å². The molecule has 26 heavy (non-hydrogen) atoms. The summed E-state index contributed by atoms with van der Waals surface area (Å²) in [7, 11) is 0. The third kappa shape index (κ3) is 2.29. The SMILES string of the molecule is CC1(C)C(=O)N(C2C3CC4CC(C3)CC2C4)N1Cc1ccc(F)c(F)c1. The molecule has 3 nitrogen and oxygen atoms in total. The number of halogens is 2. The molecule has 4 aliphatic carbocycles. The van der Waals surface area contributed by atoms with E-state index < -0.39 is 17.2 Å². The Hall–Kier alpha value is -1.49. The number of benzene rings is 1. The van der Waals surface area contributed by atoms with Gasteiger partial charge in [-0.1, -0.05) is 6.07 Å². The van der Waals surface area contributed by atoms with Crippen LogP contribution in [0.5, 0.6) is 0 Å². The molecule has 0 unspecified atom stereocenters.